The highest BCUT2D eigenvalue weighted by Crippen LogP contribution is 2.26. The van der Waals surface area contributed by atoms with Crippen molar-refractivity contribution in [3.05, 3.63) is 29.8 Å². The van der Waals surface area contributed by atoms with Gasteiger partial charge in [-0.1, -0.05) is 32.4 Å². The highest BCUT2D eigenvalue weighted by atomic mass is 16.5. The molecule has 1 fully saturated rings. The van der Waals surface area contributed by atoms with Crippen molar-refractivity contribution in [2.75, 3.05) is 7.05 Å². The van der Waals surface area contributed by atoms with E-state index in [-0.39, 0.29) is 0 Å². The molecular weight excluding hydrogens is 234 g/mol. The maximum atomic E-state index is 6.16. The lowest BCUT2D eigenvalue weighted by atomic mass is 9.92. The third kappa shape index (κ3) is 3.73. The number of ether oxygens (including phenoxy) is 1. The van der Waals surface area contributed by atoms with Gasteiger partial charge in [0, 0.05) is 6.04 Å². The first-order valence-corrected chi connectivity index (χ1v) is 7.68. The highest BCUT2D eigenvalue weighted by Gasteiger charge is 2.25. The fourth-order valence-electron chi connectivity index (χ4n) is 2.85. The van der Waals surface area contributed by atoms with Crippen molar-refractivity contribution in [1.29, 1.82) is 0 Å². The van der Waals surface area contributed by atoms with Crippen LogP contribution in [0, 0.1) is 0 Å². The van der Waals surface area contributed by atoms with Crippen molar-refractivity contribution >= 4 is 0 Å². The van der Waals surface area contributed by atoms with Crippen molar-refractivity contribution in [2.45, 2.75) is 64.0 Å². The van der Waals surface area contributed by atoms with Gasteiger partial charge in [-0.15, -0.1) is 0 Å². The lowest BCUT2D eigenvalue weighted by molar-refractivity contribution is 0.118. The van der Waals surface area contributed by atoms with Crippen LogP contribution < -0.4 is 10.1 Å². The molecule has 0 spiro atoms. The van der Waals surface area contributed by atoms with Crippen LogP contribution in [0.15, 0.2) is 24.3 Å². The maximum absolute atomic E-state index is 6.16. The Labute approximate surface area is 117 Å². The second-order valence-corrected chi connectivity index (χ2v) is 5.71. The van der Waals surface area contributed by atoms with E-state index in [1.165, 1.54) is 37.7 Å². The first-order chi connectivity index (χ1) is 9.24. The predicted octanol–water partition coefficient (Wildman–Crippen LogP) is 4.11. The summed E-state index contributed by atoms with van der Waals surface area (Å²) < 4.78 is 6.16. The zero-order chi connectivity index (χ0) is 13.7. The Morgan fingerprint density at radius 1 is 1.21 bits per heavy atom. The molecule has 3 unspecified atom stereocenters. The molecule has 1 aromatic rings. The van der Waals surface area contributed by atoms with Crippen molar-refractivity contribution in [3.8, 4) is 5.75 Å². The van der Waals surface area contributed by atoms with Gasteiger partial charge in [0.1, 0.15) is 11.9 Å². The minimum atomic E-state index is 0.327. The van der Waals surface area contributed by atoms with Gasteiger partial charge in [-0.2, -0.15) is 0 Å². The van der Waals surface area contributed by atoms with E-state index >= 15 is 0 Å². The summed E-state index contributed by atoms with van der Waals surface area (Å²) in [5, 5.41) is 3.39. The van der Waals surface area contributed by atoms with Crippen molar-refractivity contribution < 1.29 is 4.74 Å². The van der Waals surface area contributed by atoms with Crippen LogP contribution >= 0.6 is 0 Å². The molecule has 3 atom stereocenters. The van der Waals surface area contributed by atoms with Crippen LogP contribution in [0.3, 0.4) is 0 Å². The first-order valence-electron chi connectivity index (χ1n) is 7.68. The monoisotopic (exact) mass is 261 g/mol. The van der Waals surface area contributed by atoms with Crippen LogP contribution in [0.1, 0.15) is 57.4 Å². The highest BCUT2D eigenvalue weighted by molar-refractivity contribution is 5.29. The Morgan fingerprint density at radius 2 is 1.89 bits per heavy atom. The number of nitrogens with one attached hydrogen (secondary N) is 1. The van der Waals surface area contributed by atoms with Gasteiger partial charge >= 0.3 is 0 Å². The third-order valence-electron chi connectivity index (χ3n) is 4.42. The third-order valence-corrected chi connectivity index (χ3v) is 4.42. The van der Waals surface area contributed by atoms with Gasteiger partial charge in [-0.3, -0.25) is 0 Å². The summed E-state index contributed by atoms with van der Waals surface area (Å²) in [7, 11) is 2.04. The molecule has 1 aromatic carbocycles. The van der Waals surface area contributed by atoms with Gasteiger partial charge < -0.3 is 10.1 Å². The molecule has 0 heterocycles. The van der Waals surface area contributed by atoms with E-state index in [1.54, 1.807) is 0 Å². The van der Waals surface area contributed by atoms with E-state index in [4.69, 9.17) is 4.74 Å². The van der Waals surface area contributed by atoms with Gasteiger partial charge in [-0.05, 0) is 56.3 Å². The smallest absolute Gasteiger partial charge is 0.119 e. The van der Waals surface area contributed by atoms with Gasteiger partial charge in [-0.25, -0.2) is 0 Å². The summed E-state index contributed by atoms with van der Waals surface area (Å²) in [6.07, 6.45) is 6.51. The molecule has 19 heavy (non-hydrogen) atoms. The quantitative estimate of drug-likeness (QED) is 0.861. The lowest BCUT2D eigenvalue weighted by Gasteiger charge is -2.31. The molecule has 0 aliphatic heterocycles. The molecule has 0 radical (unpaired) electrons. The molecule has 1 aliphatic carbocycles. The summed E-state index contributed by atoms with van der Waals surface area (Å²) in [5.74, 6) is 1.65. The maximum Gasteiger partial charge on any atom is 0.119 e. The molecule has 2 rings (SSSR count). The second-order valence-electron chi connectivity index (χ2n) is 5.71. The molecule has 1 saturated carbocycles. The topological polar surface area (TPSA) is 21.3 Å². The van der Waals surface area contributed by atoms with Crippen molar-refractivity contribution in [2.24, 2.45) is 0 Å². The zero-order valence-electron chi connectivity index (χ0n) is 12.5. The van der Waals surface area contributed by atoms with Gasteiger partial charge in [0.25, 0.3) is 0 Å². The fourth-order valence-corrected chi connectivity index (χ4v) is 2.85. The molecule has 0 aromatic heterocycles. The summed E-state index contributed by atoms with van der Waals surface area (Å²) in [5.41, 5.74) is 1.41. The molecule has 0 bridgehead atoms. The van der Waals surface area contributed by atoms with E-state index in [1.807, 2.05) is 7.05 Å². The van der Waals surface area contributed by atoms with Gasteiger partial charge in [0.2, 0.25) is 0 Å². The van der Waals surface area contributed by atoms with Gasteiger partial charge in [0.05, 0.1) is 0 Å². The number of benzene rings is 1. The molecule has 1 N–H and O–H groups in total. The Balaban J connectivity index is 1.98. The SMILES string of the molecule is CCC(C)c1ccc(OC2CCCCC2NC)cc1. The Hall–Kier alpha value is -1.02. The van der Waals surface area contributed by atoms with Crippen LogP contribution in [0.5, 0.6) is 5.75 Å². The number of rotatable bonds is 5. The Bertz CT molecular complexity index is 373. The van der Waals surface area contributed by atoms with E-state index in [0.29, 0.717) is 18.1 Å². The predicted molar refractivity (Wildman–Crippen MR) is 80.9 cm³/mol. The number of hydrogen-bond donors (Lipinski definition) is 1. The lowest BCUT2D eigenvalue weighted by Crippen LogP contribution is -2.43. The molecule has 2 nitrogen and oxygen atoms in total. The van der Waals surface area contributed by atoms with Gasteiger partial charge in [0.15, 0.2) is 0 Å². The molecule has 2 heteroatoms. The first kappa shape index (κ1) is 14.4. The zero-order valence-corrected chi connectivity index (χ0v) is 12.5. The average Bonchev–Trinajstić information content (AvgIpc) is 2.48. The van der Waals surface area contributed by atoms with Crippen LogP contribution in [0.25, 0.3) is 0 Å². The number of hydrogen-bond acceptors (Lipinski definition) is 2. The fraction of sp³-hybridized carbons (Fsp3) is 0.647. The summed E-state index contributed by atoms with van der Waals surface area (Å²) >= 11 is 0. The molecule has 1 aliphatic rings. The van der Waals surface area contributed by atoms with E-state index < -0.39 is 0 Å². The number of likely N-dealkylation sites (N-methyl/N-ethyl adjacent to an activating group) is 1. The van der Waals surface area contributed by atoms with Crippen LogP contribution in [-0.4, -0.2) is 19.2 Å². The Morgan fingerprint density at radius 3 is 2.53 bits per heavy atom. The average molecular weight is 261 g/mol. The van der Waals surface area contributed by atoms with Crippen LogP contribution in [-0.2, 0) is 0 Å². The minimum Gasteiger partial charge on any atom is -0.489 e. The van der Waals surface area contributed by atoms with Crippen molar-refractivity contribution in [3.63, 3.8) is 0 Å². The normalized spacial score (nSPS) is 25.0. The molecule has 0 saturated heterocycles. The molecular formula is C17H27NO. The molecule has 106 valence electrons. The summed E-state index contributed by atoms with van der Waals surface area (Å²) in [4.78, 5) is 0. The standard InChI is InChI=1S/C17H27NO/c1-4-13(2)14-9-11-15(12-10-14)19-17-8-6-5-7-16(17)18-3/h9-13,16-18H,4-8H2,1-3H3. The van der Waals surface area contributed by atoms with E-state index in [0.717, 1.165) is 5.75 Å². The summed E-state index contributed by atoms with van der Waals surface area (Å²) in [6, 6.07) is 9.18. The van der Waals surface area contributed by atoms with Crippen molar-refractivity contribution in [1.82, 2.24) is 5.32 Å². The van der Waals surface area contributed by atoms with Crippen LogP contribution in [0.2, 0.25) is 0 Å². The van der Waals surface area contributed by atoms with E-state index in [9.17, 15) is 0 Å². The Kier molecular flexibility index (Phi) is 5.26. The van der Waals surface area contributed by atoms with E-state index in [2.05, 4.69) is 43.4 Å². The van der Waals surface area contributed by atoms with Crippen LogP contribution in [0.4, 0.5) is 0 Å². The molecule has 0 amide bonds. The second kappa shape index (κ2) is 6.95. The summed E-state index contributed by atoms with van der Waals surface area (Å²) in [6.45, 7) is 4.50. The largest absolute Gasteiger partial charge is 0.489 e. The minimum absolute atomic E-state index is 0.327.